The molecule has 5 aliphatic carbocycles. The van der Waals surface area contributed by atoms with Gasteiger partial charge in [0.25, 0.3) is 0 Å². The Balaban J connectivity index is 1.08. The second kappa shape index (κ2) is 9.22. The van der Waals surface area contributed by atoms with Crippen molar-refractivity contribution >= 4 is 0 Å². The summed E-state index contributed by atoms with van der Waals surface area (Å²) in [6.45, 7) is 13.4. The highest BCUT2D eigenvalue weighted by Gasteiger charge is 2.77. The van der Waals surface area contributed by atoms with Gasteiger partial charge in [0.15, 0.2) is 6.29 Å². The minimum absolute atomic E-state index is 0.0223. The molecule has 0 aromatic heterocycles. The van der Waals surface area contributed by atoms with E-state index in [9.17, 15) is 0 Å². The van der Waals surface area contributed by atoms with E-state index in [1.165, 1.54) is 77.0 Å². The first-order valence-electron chi connectivity index (χ1n) is 16.0. The number of rotatable bonds is 8. The minimum Gasteiger partial charge on any atom is -0.381 e. The molecule has 6 rings (SSSR count). The number of hydrogen-bond donors (Lipinski definition) is 0. The third-order valence-corrected chi connectivity index (χ3v) is 13.6. The molecule has 6 fully saturated rings. The first kappa shape index (κ1) is 26.1. The first-order valence-corrected chi connectivity index (χ1v) is 16.0. The average Bonchev–Trinajstić information content (AvgIpc) is 3.35. The number of hydrogen-bond acceptors (Lipinski definition) is 3. The minimum atomic E-state index is -0.0769. The summed E-state index contributed by atoms with van der Waals surface area (Å²) in [6.07, 6.45) is 19.5. The van der Waals surface area contributed by atoms with Crippen molar-refractivity contribution in [3.05, 3.63) is 0 Å². The molecule has 11 unspecified atom stereocenters. The van der Waals surface area contributed by atoms with Crippen LogP contribution in [0.2, 0.25) is 0 Å². The van der Waals surface area contributed by atoms with Gasteiger partial charge in [0.2, 0.25) is 0 Å². The van der Waals surface area contributed by atoms with Gasteiger partial charge in [-0.05, 0) is 137 Å². The molecular formula is C33H56O3. The second-order valence-electron chi connectivity index (χ2n) is 15.5. The van der Waals surface area contributed by atoms with Crippen LogP contribution in [0.4, 0.5) is 0 Å². The largest absolute Gasteiger partial charge is 0.381 e. The van der Waals surface area contributed by atoms with Crippen LogP contribution in [0.15, 0.2) is 0 Å². The molecule has 5 saturated carbocycles. The van der Waals surface area contributed by atoms with Crippen LogP contribution in [0.1, 0.15) is 125 Å². The molecule has 1 spiro atoms. The summed E-state index contributed by atoms with van der Waals surface area (Å²) in [6, 6.07) is 0. The van der Waals surface area contributed by atoms with E-state index in [0.717, 1.165) is 55.0 Å². The van der Waals surface area contributed by atoms with Crippen LogP contribution in [0.3, 0.4) is 0 Å². The van der Waals surface area contributed by atoms with Gasteiger partial charge in [0.05, 0.1) is 11.7 Å². The Morgan fingerprint density at radius 2 is 1.83 bits per heavy atom. The second-order valence-corrected chi connectivity index (χ2v) is 15.5. The molecule has 0 aromatic carbocycles. The summed E-state index contributed by atoms with van der Waals surface area (Å²) in [5.74, 6) is 5.50. The van der Waals surface area contributed by atoms with Crippen molar-refractivity contribution in [3.63, 3.8) is 0 Å². The average molecular weight is 501 g/mol. The van der Waals surface area contributed by atoms with Crippen LogP contribution < -0.4 is 0 Å². The van der Waals surface area contributed by atoms with E-state index in [0.29, 0.717) is 22.3 Å². The Hall–Kier alpha value is -0.120. The van der Waals surface area contributed by atoms with Crippen LogP contribution in [0.5, 0.6) is 0 Å². The van der Waals surface area contributed by atoms with Crippen molar-refractivity contribution in [1.29, 1.82) is 0 Å². The summed E-state index contributed by atoms with van der Waals surface area (Å²) in [5.41, 5.74) is 1.58. The van der Waals surface area contributed by atoms with Gasteiger partial charge in [0.1, 0.15) is 0 Å². The molecule has 1 saturated heterocycles. The van der Waals surface area contributed by atoms with Crippen molar-refractivity contribution in [3.8, 4) is 0 Å². The topological polar surface area (TPSA) is 27.7 Å². The highest BCUT2D eigenvalue weighted by Crippen LogP contribution is 2.82. The Morgan fingerprint density at radius 3 is 2.56 bits per heavy atom. The van der Waals surface area contributed by atoms with E-state index in [1.807, 2.05) is 7.11 Å². The summed E-state index contributed by atoms with van der Waals surface area (Å²) in [7, 11) is 2.03. The van der Waals surface area contributed by atoms with Gasteiger partial charge >= 0.3 is 0 Å². The number of fused-ring (bicyclic) bond motifs is 4. The Kier molecular flexibility index (Phi) is 6.69. The third kappa shape index (κ3) is 3.90. The molecule has 0 bridgehead atoms. The maximum absolute atomic E-state index is 6.39. The smallest absolute Gasteiger partial charge is 0.158 e. The molecule has 0 N–H and O–H groups in total. The van der Waals surface area contributed by atoms with Gasteiger partial charge < -0.3 is 14.2 Å². The third-order valence-electron chi connectivity index (χ3n) is 13.6. The molecule has 36 heavy (non-hydrogen) atoms. The van der Waals surface area contributed by atoms with Crippen LogP contribution in [0, 0.1) is 51.8 Å². The molecular weight excluding hydrogens is 444 g/mol. The zero-order valence-corrected chi connectivity index (χ0v) is 24.5. The molecule has 3 heteroatoms. The highest BCUT2D eigenvalue weighted by atomic mass is 16.7. The predicted octanol–water partition coefficient (Wildman–Crippen LogP) is 8.40. The summed E-state index contributed by atoms with van der Waals surface area (Å²) < 4.78 is 18.6. The van der Waals surface area contributed by atoms with Gasteiger partial charge in [-0.1, -0.05) is 33.6 Å². The Labute approximate surface area is 222 Å². The van der Waals surface area contributed by atoms with E-state index in [4.69, 9.17) is 14.2 Å². The molecule has 0 amide bonds. The Morgan fingerprint density at radius 1 is 1.00 bits per heavy atom. The lowest BCUT2D eigenvalue weighted by Gasteiger charge is -2.61. The van der Waals surface area contributed by atoms with E-state index >= 15 is 0 Å². The maximum atomic E-state index is 6.39. The van der Waals surface area contributed by atoms with Gasteiger partial charge in [0, 0.05) is 19.1 Å². The van der Waals surface area contributed by atoms with Crippen LogP contribution >= 0.6 is 0 Å². The van der Waals surface area contributed by atoms with Crippen molar-refractivity contribution < 1.29 is 14.2 Å². The highest BCUT2D eigenvalue weighted by molar-refractivity contribution is 5.26. The molecule has 0 aromatic rings. The van der Waals surface area contributed by atoms with E-state index < -0.39 is 0 Å². The number of methoxy groups -OCH3 is 1. The lowest BCUT2D eigenvalue weighted by molar-refractivity contribution is -0.217. The fourth-order valence-electron chi connectivity index (χ4n) is 11.8. The zero-order valence-electron chi connectivity index (χ0n) is 24.5. The van der Waals surface area contributed by atoms with Gasteiger partial charge in [-0.2, -0.15) is 0 Å². The fraction of sp³-hybridized carbons (Fsp3) is 1.00. The summed E-state index contributed by atoms with van der Waals surface area (Å²) in [4.78, 5) is 0. The zero-order chi connectivity index (χ0) is 25.3. The lowest BCUT2D eigenvalue weighted by Crippen LogP contribution is -2.57. The van der Waals surface area contributed by atoms with E-state index in [2.05, 4.69) is 34.6 Å². The quantitative estimate of drug-likeness (QED) is 0.335. The fourth-order valence-corrected chi connectivity index (χ4v) is 11.8. The Bertz CT molecular complexity index is 803. The van der Waals surface area contributed by atoms with Crippen molar-refractivity contribution in [2.45, 2.75) is 143 Å². The lowest BCUT2D eigenvalue weighted by atomic mass is 9.45. The van der Waals surface area contributed by atoms with Crippen LogP contribution in [-0.4, -0.2) is 31.7 Å². The molecule has 3 nitrogen and oxygen atoms in total. The van der Waals surface area contributed by atoms with Crippen molar-refractivity contribution in [1.82, 2.24) is 0 Å². The molecule has 11 atom stereocenters. The molecule has 6 aliphatic rings. The predicted molar refractivity (Wildman–Crippen MR) is 146 cm³/mol. The van der Waals surface area contributed by atoms with Crippen LogP contribution in [0.25, 0.3) is 0 Å². The van der Waals surface area contributed by atoms with Crippen LogP contribution in [-0.2, 0) is 14.2 Å². The van der Waals surface area contributed by atoms with E-state index in [1.54, 1.807) is 0 Å². The van der Waals surface area contributed by atoms with Gasteiger partial charge in [-0.15, -0.1) is 0 Å². The summed E-state index contributed by atoms with van der Waals surface area (Å²) >= 11 is 0. The van der Waals surface area contributed by atoms with Gasteiger partial charge in [-0.25, -0.2) is 0 Å². The van der Waals surface area contributed by atoms with Crippen molar-refractivity contribution in [2.75, 3.05) is 13.7 Å². The van der Waals surface area contributed by atoms with Crippen molar-refractivity contribution in [2.24, 2.45) is 51.8 Å². The summed E-state index contributed by atoms with van der Waals surface area (Å²) in [5, 5.41) is 0. The SMILES string of the molecule is COC1CC2C3CCC(C(C)CCCC(C)(C)OC4CCCCO4)C3(C)CCC2C2(C)CCC3CC312. The molecule has 0 radical (unpaired) electrons. The van der Waals surface area contributed by atoms with E-state index in [-0.39, 0.29) is 11.9 Å². The molecule has 1 aliphatic heterocycles. The number of ether oxygens (including phenoxy) is 3. The molecule has 206 valence electrons. The standard InChI is InChI=1S/C33H56O3/c1-22(10-9-16-30(2,3)36-29-11-7-8-19-35-29)25-12-13-26-24-20-28(34-6)33-21-23(33)14-18-32(33,5)27(24)15-17-31(25,26)4/h22-29H,7-21H2,1-6H3. The first-order chi connectivity index (χ1) is 17.1. The normalized spacial score (nSPS) is 50.7. The maximum Gasteiger partial charge on any atom is 0.158 e. The monoisotopic (exact) mass is 500 g/mol. The van der Waals surface area contributed by atoms with Gasteiger partial charge in [-0.3, -0.25) is 0 Å². The molecule has 1 heterocycles.